The van der Waals surface area contributed by atoms with Gasteiger partial charge >= 0.3 is 0 Å². The first-order valence-electron chi connectivity index (χ1n) is 5.24. The maximum absolute atomic E-state index is 12.2. The summed E-state index contributed by atoms with van der Waals surface area (Å²) >= 11 is 3.37. The van der Waals surface area contributed by atoms with Crippen LogP contribution in [0.1, 0.15) is 5.82 Å². The van der Waals surface area contributed by atoms with Gasteiger partial charge in [0.2, 0.25) is 6.04 Å². The Labute approximate surface area is 106 Å². The van der Waals surface area contributed by atoms with Crippen molar-refractivity contribution >= 4 is 26.8 Å². The molecule has 1 unspecified atom stereocenters. The summed E-state index contributed by atoms with van der Waals surface area (Å²) in [7, 11) is 0. The summed E-state index contributed by atoms with van der Waals surface area (Å²) in [6.07, 6.45) is 0.571. The third-order valence-electron chi connectivity index (χ3n) is 2.99. The average molecular weight is 290 g/mol. The Bertz CT molecular complexity index is 714. The van der Waals surface area contributed by atoms with Gasteiger partial charge in [-0.3, -0.25) is 9.36 Å². The van der Waals surface area contributed by atoms with Crippen molar-refractivity contribution in [1.29, 1.82) is 0 Å². The van der Waals surface area contributed by atoms with Crippen molar-refractivity contribution in [3.8, 4) is 0 Å². The highest BCUT2D eigenvalue weighted by Gasteiger charge is 2.28. The highest BCUT2D eigenvalue weighted by Crippen LogP contribution is 2.19. The lowest BCUT2D eigenvalue weighted by Gasteiger charge is -2.03. The summed E-state index contributed by atoms with van der Waals surface area (Å²) in [5, 5.41) is 0.614. The number of halogens is 1. The molecule has 0 saturated carbocycles. The molecule has 17 heavy (non-hydrogen) atoms. The second-order valence-corrected chi connectivity index (χ2v) is 5.01. The number of hydrogen-bond donors (Lipinski definition) is 0. The molecular formula is C12H8BrN3O. The lowest BCUT2D eigenvalue weighted by Crippen LogP contribution is -2.21. The third kappa shape index (κ3) is 1.56. The van der Waals surface area contributed by atoms with E-state index < -0.39 is 0 Å². The molecule has 5 heteroatoms. The van der Waals surface area contributed by atoms with Crippen LogP contribution in [-0.2, 0) is 13.0 Å². The Hall–Kier alpha value is -1.67. The summed E-state index contributed by atoms with van der Waals surface area (Å²) in [6, 6.07) is 5.30. The number of fused-ring (bicyclic) bond motifs is 2. The molecule has 0 fully saturated rings. The van der Waals surface area contributed by atoms with Crippen molar-refractivity contribution in [2.24, 2.45) is 0 Å². The zero-order chi connectivity index (χ0) is 12.0. The van der Waals surface area contributed by atoms with Gasteiger partial charge in [0.25, 0.3) is 5.56 Å². The molecular weight excluding hydrogens is 282 g/mol. The Morgan fingerprint density at radius 2 is 2.35 bits per heavy atom. The molecule has 84 valence electrons. The van der Waals surface area contributed by atoms with Gasteiger partial charge in [-0.05, 0) is 18.2 Å². The smallest absolute Gasteiger partial charge is 0.261 e. The maximum Gasteiger partial charge on any atom is 0.261 e. The predicted molar refractivity (Wildman–Crippen MR) is 67.8 cm³/mol. The summed E-state index contributed by atoms with van der Waals surface area (Å²) in [5.41, 5.74) is 0.657. The van der Waals surface area contributed by atoms with Crippen molar-refractivity contribution in [3.05, 3.63) is 50.3 Å². The molecule has 4 nitrogen and oxygen atoms in total. The molecule has 0 bridgehead atoms. The molecule has 1 aliphatic heterocycles. The summed E-state index contributed by atoms with van der Waals surface area (Å²) < 4.78 is 2.53. The molecule has 0 saturated heterocycles. The van der Waals surface area contributed by atoms with E-state index in [-0.39, 0.29) is 11.6 Å². The fourth-order valence-corrected chi connectivity index (χ4v) is 2.51. The van der Waals surface area contributed by atoms with E-state index in [1.165, 1.54) is 0 Å². The van der Waals surface area contributed by atoms with Crippen LogP contribution in [0.4, 0.5) is 0 Å². The number of hydrogen-bond acceptors (Lipinski definition) is 2. The highest BCUT2D eigenvalue weighted by atomic mass is 79.9. The Morgan fingerprint density at radius 3 is 3.12 bits per heavy atom. The van der Waals surface area contributed by atoms with Crippen molar-refractivity contribution in [2.75, 3.05) is 0 Å². The van der Waals surface area contributed by atoms with Crippen LogP contribution >= 0.6 is 15.9 Å². The van der Waals surface area contributed by atoms with Crippen LogP contribution in [0, 0.1) is 6.57 Å². The van der Waals surface area contributed by atoms with Crippen LogP contribution in [0.25, 0.3) is 15.7 Å². The largest absolute Gasteiger partial charge is 0.311 e. The molecule has 2 heterocycles. The van der Waals surface area contributed by atoms with Gasteiger partial charge < -0.3 is 4.85 Å². The molecule has 0 spiro atoms. The van der Waals surface area contributed by atoms with E-state index in [0.29, 0.717) is 23.9 Å². The number of rotatable bonds is 0. The Balaban J connectivity index is 2.32. The van der Waals surface area contributed by atoms with Gasteiger partial charge in [-0.2, -0.15) is 0 Å². The van der Waals surface area contributed by atoms with E-state index in [9.17, 15) is 4.79 Å². The van der Waals surface area contributed by atoms with Crippen LogP contribution in [-0.4, -0.2) is 15.6 Å². The van der Waals surface area contributed by atoms with Crippen molar-refractivity contribution in [3.63, 3.8) is 0 Å². The summed E-state index contributed by atoms with van der Waals surface area (Å²) in [4.78, 5) is 20.2. The fourth-order valence-electron chi connectivity index (χ4n) is 2.16. The van der Waals surface area contributed by atoms with Gasteiger partial charge in [-0.25, -0.2) is 11.6 Å². The van der Waals surface area contributed by atoms with Crippen LogP contribution < -0.4 is 5.56 Å². The van der Waals surface area contributed by atoms with Crippen molar-refractivity contribution < 1.29 is 0 Å². The Kier molecular flexibility index (Phi) is 2.26. The minimum atomic E-state index is -0.143. The molecule has 1 atom stereocenters. The van der Waals surface area contributed by atoms with Crippen LogP contribution in [0.5, 0.6) is 0 Å². The second-order valence-electron chi connectivity index (χ2n) is 4.09. The van der Waals surface area contributed by atoms with Crippen LogP contribution in [0.3, 0.4) is 0 Å². The maximum atomic E-state index is 12.2. The van der Waals surface area contributed by atoms with Crippen LogP contribution in [0.2, 0.25) is 0 Å². The monoisotopic (exact) mass is 289 g/mol. The summed E-state index contributed by atoms with van der Waals surface area (Å²) in [6.45, 7) is 7.50. The van der Waals surface area contributed by atoms with E-state index in [1.54, 1.807) is 10.6 Å². The van der Waals surface area contributed by atoms with Crippen molar-refractivity contribution in [2.45, 2.75) is 19.0 Å². The highest BCUT2D eigenvalue weighted by molar-refractivity contribution is 9.10. The molecule has 1 aromatic carbocycles. The van der Waals surface area contributed by atoms with E-state index >= 15 is 0 Å². The van der Waals surface area contributed by atoms with E-state index in [2.05, 4.69) is 25.8 Å². The molecule has 1 aromatic heterocycles. The van der Waals surface area contributed by atoms with Gasteiger partial charge in [0.05, 0.1) is 17.3 Å². The number of nitrogens with zero attached hydrogens (tertiary/aromatic N) is 3. The minimum Gasteiger partial charge on any atom is -0.311 e. The molecule has 1 aliphatic rings. The first kappa shape index (κ1) is 10.5. The minimum absolute atomic E-state index is 0.0383. The molecule has 0 aliphatic carbocycles. The Morgan fingerprint density at radius 1 is 1.53 bits per heavy atom. The number of aromatic nitrogens is 2. The van der Waals surface area contributed by atoms with Gasteiger partial charge in [-0.1, -0.05) is 15.9 Å². The molecule has 0 radical (unpaired) electrons. The van der Waals surface area contributed by atoms with E-state index in [4.69, 9.17) is 6.57 Å². The van der Waals surface area contributed by atoms with Gasteiger partial charge in [0.15, 0.2) is 0 Å². The van der Waals surface area contributed by atoms with Gasteiger partial charge in [0, 0.05) is 4.47 Å². The van der Waals surface area contributed by atoms with E-state index in [0.717, 1.165) is 10.3 Å². The van der Waals surface area contributed by atoms with E-state index in [1.807, 2.05) is 12.1 Å². The first-order chi connectivity index (χ1) is 8.19. The fraction of sp³-hybridized carbons (Fsp3) is 0.250. The first-order valence-corrected chi connectivity index (χ1v) is 6.04. The third-order valence-corrected chi connectivity index (χ3v) is 3.48. The molecule has 0 N–H and O–H groups in total. The zero-order valence-corrected chi connectivity index (χ0v) is 10.4. The topological polar surface area (TPSA) is 39.2 Å². The van der Waals surface area contributed by atoms with Crippen molar-refractivity contribution in [1.82, 2.24) is 9.55 Å². The molecule has 3 rings (SSSR count). The van der Waals surface area contributed by atoms with Crippen LogP contribution in [0.15, 0.2) is 27.5 Å². The van der Waals surface area contributed by atoms with Gasteiger partial charge in [-0.15, -0.1) is 0 Å². The lowest BCUT2D eigenvalue weighted by atomic mass is 10.2. The average Bonchev–Trinajstić information content (AvgIpc) is 2.72. The quantitative estimate of drug-likeness (QED) is 0.696. The number of benzene rings is 1. The lowest BCUT2D eigenvalue weighted by molar-refractivity contribution is 0.689. The molecule has 0 amide bonds. The predicted octanol–water partition coefficient (Wildman–Crippen LogP) is 2.00. The normalized spacial score (nSPS) is 18.0. The zero-order valence-electron chi connectivity index (χ0n) is 8.85. The SMILES string of the molecule is [C-]#[N+]C1Cc2nc3cc(Br)ccc3c(=O)n2C1. The summed E-state index contributed by atoms with van der Waals surface area (Å²) in [5.74, 6) is 0.724. The molecule has 2 aromatic rings. The standard InChI is InChI=1S/C12H8BrN3O/c1-14-8-5-11-15-10-4-7(13)2-3-9(10)12(17)16(11)6-8/h2-4,8H,5-6H2. The second kappa shape index (κ2) is 3.67. The van der Waals surface area contributed by atoms with Gasteiger partial charge in [0.1, 0.15) is 12.4 Å².